The van der Waals surface area contributed by atoms with E-state index >= 15 is 0 Å². The van der Waals surface area contributed by atoms with Gasteiger partial charge in [0.25, 0.3) is 0 Å². The molecule has 2 atom stereocenters. The molecule has 0 radical (unpaired) electrons. The molecule has 82 valence electrons. The van der Waals surface area contributed by atoms with Gasteiger partial charge >= 0.3 is 0 Å². The third-order valence-corrected chi connectivity index (χ3v) is 2.82. The number of ether oxygens (including phenoxy) is 2. The fourth-order valence-corrected chi connectivity index (χ4v) is 2.12. The van der Waals surface area contributed by atoms with Gasteiger partial charge in [0, 0.05) is 11.6 Å². The van der Waals surface area contributed by atoms with Crippen molar-refractivity contribution in [2.75, 3.05) is 14.2 Å². The highest BCUT2D eigenvalue weighted by Gasteiger charge is 2.31. The Morgan fingerprint density at radius 3 is 2.67 bits per heavy atom. The van der Waals surface area contributed by atoms with Crippen LogP contribution in [0.4, 0.5) is 0 Å². The molecular weight excluding hydrogens is 194 g/mol. The van der Waals surface area contributed by atoms with Crippen LogP contribution in [0.5, 0.6) is 11.5 Å². The van der Waals surface area contributed by atoms with Gasteiger partial charge in [-0.3, -0.25) is 0 Å². The summed E-state index contributed by atoms with van der Waals surface area (Å²) < 4.78 is 10.5. The Hall–Kier alpha value is -1.26. The Labute approximate surface area is 88.6 Å². The molecule has 4 heteroatoms. The predicted molar refractivity (Wildman–Crippen MR) is 56.1 cm³/mol. The highest BCUT2D eigenvalue weighted by Crippen LogP contribution is 2.46. The zero-order valence-corrected chi connectivity index (χ0v) is 8.86. The minimum atomic E-state index is -0.491. The smallest absolute Gasteiger partial charge is 0.165 e. The average Bonchev–Trinajstić information content (AvgIpc) is 2.53. The van der Waals surface area contributed by atoms with Gasteiger partial charge in [0.05, 0.1) is 20.3 Å². The third kappa shape index (κ3) is 1.46. The van der Waals surface area contributed by atoms with Gasteiger partial charge in [-0.15, -0.1) is 0 Å². The minimum absolute atomic E-state index is 0.181. The largest absolute Gasteiger partial charge is 0.493 e. The summed E-state index contributed by atoms with van der Waals surface area (Å²) in [6.45, 7) is 0. The van der Waals surface area contributed by atoms with Crippen molar-refractivity contribution in [2.45, 2.75) is 18.6 Å². The number of benzene rings is 1. The van der Waals surface area contributed by atoms with Crippen molar-refractivity contribution in [3.8, 4) is 11.5 Å². The second-order valence-corrected chi connectivity index (χ2v) is 3.66. The van der Waals surface area contributed by atoms with Crippen LogP contribution in [0.2, 0.25) is 0 Å². The first-order chi connectivity index (χ1) is 7.19. The lowest BCUT2D eigenvalue weighted by atomic mass is 10.1. The van der Waals surface area contributed by atoms with E-state index < -0.39 is 6.10 Å². The van der Waals surface area contributed by atoms with Crippen molar-refractivity contribution >= 4 is 0 Å². The van der Waals surface area contributed by atoms with Gasteiger partial charge in [0.1, 0.15) is 0 Å². The lowest BCUT2D eigenvalue weighted by Crippen LogP contribution is -2.08. The predicted octanol–water partition coefficient (Wildman–Crippen LogP) is 1.14. The van der Waals surface area contributed by atoms with Crippen molar-refractivity contribution in [3.05, 3.63) is 23.3 Å². The molecule has 0 fully saturated rings. The van der Waals surface area contributed by atoms with E-state index in [1.165, 1.54) is 0 Å². The molecule has 1 aromatic rings. The van der Waals surface area contributed by atoms with Gasteiger partial charge in [-0.05, 0) is 18.1 Å². The molecule has 2 unspecified atom stereocenters. The van der Waals surface area contributed by atoms with Gasteiger partial charge in [0.2, 0.25) is 0 Å². The standard InChI is InChI=1S/C11H15NO3/c1-14-9-4-3-6-8(13)5-7(12)10(6)11(9)15-2/h3-4,7-8,13H,5,12H2,1-2H3. The van der Waals surface area contributed by atoms with Crippen molar-refractivity contribution in [3.63, 3.8) is 0 Å². The van der Waals surface area contributed by atoms with E-state index in [4.69, 9.17) is 15.2 Å². The van der Waals surface area contributed by atoms with E-state index in [1.807, 2.05) is 6.07 Å². The molecule has 0 aromatic heterocycles. The second-order valence-electron chi connectivity index (χ2n) is 3.66. The normalized spacial score (nSPS) is 23.7. The molecule has 1 aliphatic rings. The van der Waals surface area contributed by atoms with Crippen molar-refractivity contribution < 1.29 is 14.6 Å². The zero-order chi connectivity index (χ0) is 11.0. The highest BCUT2D eigenvalue weighted by molar-refractivity contribution is 5.55. The third-order valence-electron chi connectivity index (χ3n) is 2.82. The van der Waals surface area contributed by atoms with Crippen LogP contribution >= 0.6 is 0 Å². The summed E-state index contributed by atoms with van der Waals surface area (Å²) in [4.78, 5) is 0. The molecule has 0 aliphatic heterocycles. The summed E-state index contributed by atoms with van der Waals surface area (Å²) >= 11 is 0. The summed E-state index contributed by atoms with van der Waals surface area (Å²) in [5, 5.41) is 9.76. The number of fused-ring (bicyclic) bond motifs is 1. The molecule has 1 aliphatic carbocycles. The fourth-order valence-electron chi connectivity index (χ4n) is 2.12. The number of aliphatic hydroxyl groups is 1. The van der Waals surface area contributed by atoms with Crippen LogP contribution in [-0.2, 0) is 0 Å². The number of aliphatic hydroxyl groups excluding tert-OH is 1. The van der Waals surface area contributed by atoms with E-state index in [0.717, 1.165) is 11.1 Å². The summed E-state index contributed by atoms with van der Waals surface area (Å²) in [7, 11) is 3.16. The van der Waals surface area contributed by atoms with Crippen molar-refractivity contribution in [1.29, 1.82) is 0 Å². The van der Waals surface area contributed by atoms with Gasteiger partial charge in [0.15, 0.2) is 11.5 Å². The van der Waals surface area contributed by atoms with Crippen LogP contribution < -0.4 is 15.2 Å². The van der Waals surface area contributed by atoms with E-state index in [9.17, 15) is 5.11 Å². The lowest BCUT2D eigenvalue weighted by Gasteiger charge is -2.14. The number of methoxy groups -OCH3 is 2. The van der Waals surface area contributed by atoms with Crippen LogP contribution in [0, 0.1) is 0 Å². The Bertz CT molecular complexity index is 378. The average molecular weight is 209 g/mol. The summed E-state index contributed by atoms with van der Waals surface area (Å²) in [5.74, 6) is 1.29. The first-order valence-corrected chi connectivity index (χ1v) is 4.87. The molecule has 0 spiro atoms. The maximum Gasteiger partial charge on any atom is 0.165 e. The van der Waals surface area contributed by atoms with Crippen molar-refractivity contribution in [2.24, 2.45) is 5.73 Å². The number of hydrogen-bond donors (Lipinski definition) is 2. The summed E-state index contributed by atoms with van der Waals surface area (Å²) in [6.07, 6.45) is 0.0496. The van der Waals surface area contributed by atoms with Gasteiger partial charge in [-0.1, -0.05) is 6.07 Å². The molecular formula is C11H15NO3. The van der Waals surface area contributed by atoms with Crippen LogP contribution in [0.3, 0.4) is 0 Å². The first kappa shape index (κ1) is 10.3. The Morgan fingerprint density at radius 2 is 2.07 bits per heavy atom. The first-order valence-electron chi connectivity index (χ1n) is 4.87. The second kappa shape index (κ2) is 3.72. The van der Waals surface area contributed by atoms with E-state index in [1.54, 1.807) is 20.3 Å². The van der Waals surface area contributed by atoms with E-state index in [-0.39, 0.29) is 6.04 Å². The Balaban J connectivity index is 2.60. The SMILES string of the molecule is COc1ccc2c(c1OC)C(N)CC2O. The lowest BCUT2D eigenvalue weighted by molar-refractivity contribution is 0.173. The molecule has 15 heavy (non-hydrogen) atoms. The number of rotatable bonds is 2. The topological polar surface area (TPSA) is 64.7 Å². The van der Waals surface area contributed by atoms with Crippen LogP contribution in [0.25, 0.3) is 0 Å². The minimum Gasteiger partial charge on any atom is -0.493 e. The zero-order valence-electron chi connectivity index (χ0n) is 8.86. The molecule has 0 saturated heterocycles. The van der Waals surface area contributed by atoms with Crippen LogP contribution in [0.1, 0.15) is 29.7 Å². The maximum atomic E-state index is 9.76. The van der Waals surface area contributed by atoms with Crippen LogP contribution in [0.15, 0.2) is 12.1 Å². The van der Waals surface area contributed by atoms with Gasteiger partial charge < -0.3 is 20.3 Å². The highest BCUT2D eigenvalue weighted by atomic mass is 16.5. The molecule has 0 bridgehead atoms. The fraction of sp³-hybridized carbons (Fsp3) is 0.455. The summed E-state index contributed by atoms with van der Waals surface area (Å²) in [5.41, 5.74) is 7.65. The van der Waals surface area contributed by atoms with Crippen LogP contribution in [-0.4, -0.2) is 19.3 Å². The van der Waals surface area contributed by atoms with E-state index in [0.29, 0.717) is 17.9 Å². The maximum absolute atomic E-state index is 9.76. The molecule has 0 heterocycles. The Morgan fingerprint density at radius 1 is 1.33 bits per heavy atom. The molecule has 1 aromatic carbocycles. The Kier molecular flexibility index (Phi) is 2.54. The van der Waals surface area contributed by atoms with Gasteiger partial charge in [-0.2, -0.15) is 0 Å². The van der Waals surface area contributed by atoms with E-state index in [2.05, 4.69) is 0 Å². The quantitative estimate of drug-likeness (QED) is 0.766. The number of hydrogen-bond acceptors (Lipinski definition) is 4. The number of nitrogens with two attached hydrogens (primary N) is 1. The monoisotopic (exact) mass is 209 g/mol. The molecule has 0 saturated carbocycles. The molecule has 0 amide bonds. The molecule has 4 nitrogen and oxygen atoms in total. The van der Waals surface area contributed by atoms with Gasteiger partial charge in [-0.25, -0.2) is 0 Å². The van der Waals surface area contributed by atoms with Crippen molar-refractivity contribution in [1.82, 2.24) is 0 Å². The molecule has 3 N–H and O–H groups in total. The summed E-state index contributed by atoms with van der Waals surface area (Å²) in [6, 6.07) is 3.45. The molecule has 2 rings (SSSR count).